The maximum atomic E-state index is 12.5. The molecule has 0 spiro atoms. The maximum Gasteiger partial charge on any atom is 0.228 e. The second-order valence-corrected chi connectivity index (χ2v) is 7.14. The van der Waals surface area contributed by atoms with E-state index in [0.717, 1.165) is 22.7 Å². The Morgan fingerprint density at radius 2 is 1.79 bits per heavy atom. The molecule has 1 N–H and O–H groups in total. The second kappa shape index (κ2) is 9.91. The van der Waals surface area contributed by atoms with Crippen molar-refractivity contribution >= 4 is 17.5 Å². The summed E-state index contributed by atoms with van der Waals surface area (Å²) in [7, 11) is 1.63. The molecule has 2 aromatic rings. The third kappa shape index (κ3) is 5.70. The molecular formula is C22H28N4O3. The van der Waals surface area contributed by atoms with Crippen molar-refractivity contribution in [3.63, 3.8) is 0 Å². The number of aromatic nitrogens is 1. The van der Waals surface area contributed by atoms with Gasteiger partial charge in [-0.2, -0.15) is 0 Å². The van der Waals surface area contributed by atoms with Gasteiger partial charge < -0.3 is 19.9 Å². The Hall–Kier alpha value is -3.09. The number of anilines is 1. The van der Waals surface area contributed by atoms with Gasteiger partial charge in [0.2, 0.25) is 11.8 Å². The number of piperazine rings is 1. The van der Waals surface area contributed by atoms with E-state index in [4.69, 9.17) is 4.74 Å². The highest BCUT2D eigenvalue weighted by Crippen LogP contribution is 2.25. The number of rotatable bonds is 7. The Labute approximate surface area is 171 Å². The fraction of sp³-hybridized carbons (Fsp3) is 0.409. The van der Waals surface area contributed by atoms with Gasteiger partial charge >= 0.3 is 0 Å². The lowest BCUT2D eigenvalue weighted by Gasteiger charge is -2.35. The number of ether oxygens (including phenoxy) is 1. The van der Waals surface area contributed by atoms with Crippen LogP contribution in [0.2, 0.25) is 0 Å². The van der Waals surface area contributed by atoms with Crippen LogP contribution in [0.1, 0.15) is 17.7 Å². The van der Waals surface area contributed by atoms with Crippen LogP contribution in [-0.2, 0) is 16.0 Å². The van der Waals surface area contributed by atoms with E-state index in [2.05, 4.69) is 10.3 Å². The van der Waals surface area contributed by atoms with Gasteiger partial charge in [-0.1, -0.05) is 12.1 Å². The summed E-state index contributed by atoms with van der Waals surface area (Å²) in [5.41, 5.74) is 2.80. The van der Waals surface area contributed by atoms with Crippen LogP contribution in [0.3, 0.4) is 0 Å². The summed E-state index contributed by atoms with van der Waals surface area (Å²) in [6.07, 6.45) is 2.40. The Kier molecular flexibility index (Phi) is 7.05. The third-order valence-corrected chi connectivity index (χ3v) is 5.05. The number of carbonyl (C=O) groups is 2. The SMILES string of the molecule is COc1ccc(C)cc1NCCC(=O)N1CCN(C(=O)Cc2ccccn2)CC1. The molecule has 29 heavy (non-hydrogen) atoms. The molecule has 2 heterocycles. The standard InChI is InChI=1S/C22H28N4O3/c1-17-6-7-20(29-2)19(15-17)24-10-8-21(27)25-11-13-26(14-12-25)22(28)16-18-5-3-4-9-23-18/h3-7,9,15,24H,8,10-14,16H2,1-2H3. The monoisotopic (exact) mass is 396 g/mol. The smallest absolute Gasteiger partial charge is 0.228 e. The van der Waals surface area contributed by atoms with Gasteiger partial charge in [0.1, 0.15) is 5.75 Å². The minimum absolute atomic E-state index is 0.0593. The maximum absolute atomic E-state index is 12.5. The first-order chi connectivity index (χ1) is 14.1. The van der Waals surface area contributed by atoms with E-state index in [9.17, 15) is 9.59 Å². The number of pyridine rings is 1. The van der Waals surface area contributed by atoms with Crippen molar-refractivity contribution in [1.29, 1.82) is 0 Å². The van der Waals surface area contributed by atoms with Gasteiger partial charge in [-0.25, -0.2) is 0 Å². The molecule has 0 aliphatic carbocycles. The zero-order valence-electron chi connectivity index (χ0n) is 17.1. The Morgan fingerprint density at radius 3 is 2.45 bits per heavy atom. The summed E-state index contributed by atoms with van der Waals surface area (Å²) in [5, 5.41) is 3.29. The lowest BCUT2D eigenvalue weighted by atomic mass is 10.2. The molecule has 1 fully saturated rings. The van der Waals surface area contributed by atoms with Crippen LogP contribution in [0, 0.1) is 6.92 Å². The van der Waals surface area contributed by atoms with Crippen LogP contribution in [0.25, 0.3) is 0 Å². The fourth-order valence-corrected chi connectivity index (χ4v) is 3.40. The zero-order valence-corrected chi connectivity index (χ0v) is 17.1. The van der Waals surface area contributed by atoms with Gasteiger partial charge in [0.15, 0.2) is 0 Å². The van der Waals surface area contributed by atoms with Crippen molar-refractivity contribution in [2.75, 3.05) is 45.2 Å². The van der Waals surface area contributed by atoms with Crippen LogP contribution in [0.15, 0.2) is 42.6 Å². The molecule has 7 heteroatoms. The molecule has 154 valence electrons. The number of nitrogens with one attached hydrogen (secondary N) is 1. The predicted octanol–water partition coefficient (Wildman–Crippen LogP) is 2.11. The Morgan fingerprint density at radius 1 is 1.07 bits per heavy atom. The van der Waals surface area contributed by atoms with E-state index in [1.807, 2.05) is 53.1 Å². The van der Waals surface area contributed by atoms with Gasteiger partial charge in [-0.3, -0.25) is 14.6 Å². The molecule has 3 rings (SSSR count). The molecule has 0 saturated carbocycles. The molecule has 0 atom stereocenters. The number of aryl methyl sites for hydroxylation is 1. The predicted molar refractivity (Wildman–Crippen MR) is 112 cm³/mol. The molecule has 1 aromatic heterocycles. The average molecular weight is 396 g/mol. The number of benzene rings is 1. The van der Waals surface area contributed by atoms with Crippen molar-refractivity contribution in [1.82, 2.24) is 14.8 Å². The first-order valence-electron chi connectivity index (χ1n) is 9.91. The number of methoxy groups -OCH3 is 1. The number of carbonyl (C=O) groups excluding carboxylic acids is 2. The normalized spacial score (nSPS) is 13.9. The van der Waals surface area contributed by atoms with Crippen molar-refractivity contribution in [3.05, 3.63) is 53.9 Å². The van der Waals surface area contributed by atoms with E-state index < -0.39 is 0 Å². The first kappa shape index (κ1) is 20.6. The van der Waals surface area contributed by atoms with Crippen molar-refractivity contribution in [3.8, 4) is 5.75 Å². The fourth-order valence-electron chi connectivity index (χ4n) is 3.40. The van der Waals surface area contributed by atoms with Crippen LogP contribution in [-0.4, -0.2) is 66.4 Å². The van der Waals surface area contributed by atoms with Crippen molar-refractivity contribution in [2.45, 2.75) is 19.8 Å². The largest absolute Gasteiger partial charge is 0.495 e. The molecule has 1 saturated heterocycles. The molecule has 0 bridgehead atoms. The van der Waals surface area contributed by atoms with Crippen molar-refractivity contribution in [2.24, 2.45) is 0 Å². The third-order valence-electron chi connectivity index (χ3n) is 5.05. The van der Waals surface area contributed by atoms with E-state index in [1.54, 1.807) is 13.3 Å². The molecular weight excluding hydrogens is 368 g/mol. The molecule has 0 unspecified atom stereocenters. The summed E-state index contributed by atoms with van der Waals surface area (Å²) in [6, 6.07) is 11.5. The van der Waals surface area contributed by atoms with Gasteiger partial charge in [-0.15, -0.1) is 0 Å². The van der Waals surface area contributed by atoms with Gasteiger partial charge in [0.05, 0.1) is 19.2 Å². The van der Waals surface area contributed by atoms with Crippen LogP contribution < -0.4 is 10.1 Å². The minimum atomic E-state index is 0.0593. The summed E-state index contributed by atoms with van der Waals surface area (Å²) < 4.78 is 5.35. The number of hydrogen-bond donors (Lipinski definition) is 1. The molecule has 1 aliphatic heterocycles. The van der Waals surface area contributed by atoms with Crippen LogP contribution in [0.5, 0.6) is 5.75 Å². The lowest BCUT2D eigenvalue weighted by Crippen LogP contribution is -2.51. The quantitative estimate of drug-likeness (QED) is 0.776. The average Bonchev–Trinajstić information content (AvgIpc) is 2.74. The summed E-state index contributed by atoms with van der Waals surface area (Å²) in [5.74, 6) is 0.924. The number of amides is 2. The zero-order chi connectivity index (χ0) is 20.6. The summed E-state index contributed by atoms with van der Waals surface area (Å²) >= 11 is 0. The first-order valence-corrected chi connectivity index (χ1v) is 9.91. The van der Waals surface area contributed by atoms with Crippen LogP contribution >= 0.6 is 0 Å². The lowest BCUT2D eigenvalue weighted by molar-refractivity contribution is -0.139. The topological polar surface area (TPSA) is 74.8 Å². The van der Waals surface area contributed by atoms with E-state index >= 15 is 0 Å². The highest BCUT2D eigenvalue weighted by Gasteiger charge is 2.24. The van der Waals surface area contributed by atoms with E-state index in [1.165, 1.54) is 0 Å². The Balaban J connectivity index is 1.42. The second-order valence-electron chi connectivity index (χ2n) is 7.14. The van der Waals surface area contributed by atoms with Gasteiger partial charge in [0, 0.05) is 51.0 Å². The molecule has 2 amide bonds. The van der Waals surface area contributed by atoms with E-state index in [0.29, 0.717) is 45.6 Å². The van der Waals surface area contributed by atoms with Crippen LogP contribution in [0.4, 0.5) is 5.69 Å². The highest BCUT2D eigenvalue weighted by molar-refractivity contribution is 5.80. The Bertz CT molecular complexity index is 833. The minimum Gasteiger partial charge on any atom is -0.495 e. The molecule has 7 nitrogen and oxygen atoms in total. The van der Waals surface area contributed by atoms with Gasteiger partial charge in [-0.05, 0) is 36.8 Å². The van der Waals surface area contributed by atoms with E-state index in [-0.39, 0.29) is 11.8 Å². The highest BCUT2D eigenvalue weighted by atomic mass is 16.5. The molecule has 1 aromatic carbocycles. The summed E-state index contributed by atoms with van der Waals surface area (Å²) in [4.78, 5) is 32.8. The van der Waals surface area contributed by atoms with Crippen molar-refractivity contribution < 1.29 is 14.3 Å². The summed E-state index contributed by atoms with van der Waals surface area (Å²) in [6.45, 7) is 4.83. The molecule has 0 radical (unpaired) electrons. The van der Waals surface area contributed by atoms with Gasteiger partial charge in [0.25, 0.3) is 0 Å². The molecule has 1 aliphatic rings. The number of hydrogen-bond acceptors (Lipinski definition) is 5. The number of nitrogens with zero attached hydrogens (tertiary/aromatic N) is 3.